The van der Waals surface area contributed by atoms with Crippen molar-refractivity contribution in [2.45, 2.75) is 13.3 Å². The van der Waals surface area contributed by atoms with E-state index in [-0.39, 0.29) is 0 Å². The van der Waals surface area contributed by atoms with Gasteiger partial charge in [0.15, 0.2) is 0 Å². The van der Waals surface area contributed by atoms with Gasteiger partial charge in [-0.2, -0.15) is 0 Å². The van der Waals surface area contributed by atoms with Crippen LogP contribution in [0.2, 0.25) is 0 Å². The summed E-state index contributed by atoms with van der Waals surface area (Å²) in [5.74, 6) is -6.23. The Bertz CT molecular complexity index is 618. The highest BCUT2D eigenvalue weighted by Crippen LogP contribution is 2.18. The van der Waals surface area contributed by atoms with Crippen LogP contribution in [0.5, 0.6) is 0 Å². The number of benzene rings is 1. The van der Waals surface area contributed by atoms with Crippen molar-refractivity contribution >= 4 is 34.8 Å². The molecule has 0 saturated carbocycles. The van der Waals surface area contributed by atoms with Gasteiger partial charge in [0.05, 0.1) is 0 Å². The second kappa shape index (κ2) is 9.55. The van der Waals surface area contributed by atoms with Gasteiger partial charge < -0.3 is 24.8 Å². The third kappa shape index (κ3) is 7.85. The Hall–Kier alpha value is -3.36. The number of furan rings is 1. The molecule has 9 heteroatoms. The first-order valence-electron chi connectivity index (χ1n) is 6.08. The molecular weight excluding hydrogens is 312 g/mol. The number of carboxylic acid groups (broad SMARTS) is 4. The second-order valence-electron chi connectivity index (χ2n) is 3.82. The van der Waals surface area contributed by atoms with Crippen molar-refractivity contribution in [2.75, 3.05) is 0 Å². The number of carbonyl (C=O) groups is 4. The SMILES string of the molecule is CCc1cc2ccccc2o1.O=C(O)C(=O)O.O=C(O)C(=O)O. The van der Waals surface area contributed by atoms with Crippen molar-refractivity contribution in [3.8, 4) is 0 Å². The van der Waals surface area contributed by atoms with Crippen LogP contribution in [0.4, 0.5) is 0 Å². The molecule has 2 aromatic rings. The molecule has 0 saturated heterocycles. The van der Waals surface area contributed by atoms with E-state index in [4.69, 9.17) is 44.0 Å². The van der Waals surface area contributed by atoms with Crippen LogP contribution in [-0.2, 0) is 25.6 Å². The van der Waals surface area contributed by atoms with Crippen LogP contribution >= 0.6 is 0 Å². The summed E-state index contributed by atoms with van der Waals surface area (Å²) in [6.45, 7) is 2.09. The Balaban J connectivity index is 0.000000349. The summed E-state index contributed by atoms with van der Waals surface area (Å²) in [5, 5.41) is 30.8. The molecule has 9 nitrogen and oxygen atoms in total. The van der Waals surface area contributed by atoms with E-state index in [2.05, 4.69) is 19.1 Å². The molecule has 0 aliphatic heterocycles. The van der Waals surface area contributed by atoms with Crippen LogP contribution < -0.4 is 0 Å². The molecule has 1 heterocycles. The Kier molecular flexibility index (Phi) is 8.16. The van der Waals surface area contributed by atoms with E-state index in [0.29, 0.717) is 0 Å². The van der Waals surface area contributed by atoms with E-state index in [0.717, 1.165) is 17.8 Å². The zero-order valence-corrected chi connectivity index (χ0v) is 11.9. The first kappa shape index (κ1) is 19.6. The van der Waals surface area contributed by atoms with Crippen LogP contribution in [0.3, 0.4) is 0 Å². The van der Waals surface area contributed by atoms with Gasteiger partial charge in [-0.05, 0) is 12.1 Å². The highest BCUT2D eigenvalue weighted by molar-refractivity contribution is 6.27. The van der Waals surface area contributed by atoms with E-state index in [1.807, 2.05) is 18.2 Å². The number of rotatable bonds is 1. The topological polar surface area (TPSA) is 162 Å². The summed E-state index contributed by atoms with van der Waals surface area (Å²) in [6.07, 6.45) is 0.967. The average Bonchev–Trinajstić information content (AvgIpc) is 2.91. The van der Waals surface area contributed by atoms with E-state index in [1.54, 1.807) is 0 Å². The minimum Gasteiger partial charge on any atom is -0.473 e. The summed E-state index contributed by atoms with van der Waals surface area (Å²) in [6, 6.07) is 10.2. The fourth-order valence-corrected chi connectivity index (χ4v) is 1.21. The molecule has 23 heavy (non-hydrogen) atoms. The predicted molar refractivity (Wildman–Crippen MR) is 76.1 cm³/mol. The normalized spacial score (nSPS) is 8.91. The molecule has 0 aliphatic rings. The van der Waals surface area contributed by atoms with Crippen molar-refractivity contribution in [1.29, 1.82) is 0 Å². The number of hydrogen-bond acceptors (Lipinski definition) is 5. The summed E-state index contributed by atoms with van der Waals surface area (Å²) in [5.41, 5.74) is 0.990. The van der Waals surface area contributed by atoms with E-state index >= 15 is 0 Å². The van der Waals surface area contributed by atoms with E-state index < -0.39 is 23.9 Å². The average molecular weight is 326 g/mol. The van der Waals surface area contributed by atoms with Gasteiger partial charge in [-0.3, -0.25) is 0 Å². The van der Waals surface area contributed by atoms with Gasteiger partial charge in [-0.1, -0.05) is 25.1 Å². The molecule has 0 spiro atoms. The molecule has 1 aromatic heterocycles. The minimum absolute atomic E-state index is 0.967. The number of fused-ring (bicyclic) bond motifs is 1. The second-order valence-corrected chi connectivity index (χ2v) is 3.82. The number of aliphatic carboxylic acids is 4. The Labute approximate surface area is 129 Å². The first-order valence-corrected chi connectivity index (χ1v) is 6.08. The minimum atomic E-state index is -1.82. The molecule has 0 amide bonds. The van der Waals surface area contributed by atoms with Gasteiger partial charge in [-0.25, -0.2) is 19.2 Å². The van der Waals surface area contributed by atoms with E-state index in [1.165, 1.54) is 5.39 Å². The van der Waals surface area contributed by atoms with Crippen LogP contribution in [0.1, 0.15) is 12.7 Å². The van der Waals surface area contributed by atoms with Gasteiger partial charge >= 0.3 is 23.9 Å². The van der Waals surface area contributed by atoms with Crippen LogP contribution in [0, 0.1) is 0 Å². The number of aryl methyl sites for hydroxylation is 1. The lowest BCUT2D eigenvalue weighted by Crippen LogP contribution is -2.09. The predicted octanol–water partition coefficient (Wildman–Crippen LogP) is 1.31. The molecule has 0 aliphatic carbocycles. The van der Waals surface area contributed by atoms with Crippen molar-refractivity contribution in [2.24, 2.45) is 0 Å². The standard InChI is InChI=1S/C10H10O.2C2H2O4/c1-2-9-7-8-5-3-4-6-10(8)11-9;2*3-1(4)2(5)6/h3-7H,2H2,1H3;2*(H,3,4)(H,5,6). The fourth-order valence-electron chi connectivity index (χ4n) is 1.21. The summed E-state index contributed by atoms with van der Waals surface area (Å²) >= 11 is 0. The maximum atomic E-state index is 9.10. The maximum absolute atomic E-state index is 9.10. The zero-order chi connectivity index (χ0) is 18.0. The Morgan fingerprint density at radius 1 is 0.870 bits per heavy atom. The first-order chi connectivity index (χ1) is 10.7. The largest absolute Gasteiger partial charge is 0.473 e. The van der Waals surface area contributed by atoms with Gasteiger partial charge in [-0.15, -0.1) is 0 Å². The van der Waals surface area contributed by atoms with Gasteiger partial charge in [0.25, 0.3) is 0 Å². The molecular formula is C14H14O9. The van der Waals surface area contributed by atoms with Gasteiger partial charge in [0, 0.05) is 11.8 Å². The van der Waals surface area contributed by atoms with Crippen molar-refractivity contribution in [3.05, 3.63) is 36.1 Å². The fraction of sp³-hybridized carbons (Fsp3) is 0.143. The molecule has 0 fully saturated rings. The number of para-hydroxylation sites is 1. The number of hydrogen-bond donors (Lipinski definition) is 4. The Morgan fingerprint density at radius 2 is 1.30 bits per heavy atom. The van der Waals surface area contributed by atoms with Crippen molar-refractivity contribution in [3.63, 3.8) is 0 Å². The smallest absolute Gasteiger partial charge is 0.414 e. The van der Waals surface area contributed by atoms with Gasteiger partial charge in [0.1, 0.15) is 11.3 Å². The summed E-state index contributed by atoms with van der Waals surface area (Å²) < 4.78 is 5.52. The molecule has 0 atom stereocenters. The van der Waals surface area contributed by atoms with Crippen LogP contribution in [0.25, 0.3) is 11.0 Å². The monoisotopic (exact) mass is 326 g/mol. The molecule has 124 valence electrons. The summed E-state index contributed by atoms with van der Waals surface area (Å²) in [7, 11) is 0. The lowest BCUT2D eigenvalue weighted by molar-refractivity contribution is -0.159. The van der Waals surface area contributed by atoms with E-state index in [9.17, 15) is 0 Å². The molecule has 0 radical (unpaired) electrons. The van der Waals surface area contributed by atoms with Crippen LogP contribution in [-0.4, -0.2) is 44.3 Å². The summed E-state index contributed by atoms with van der Waals surface area (Å²) in [4.78, 5) is 36.4. The maximum Gasteiger partial charge on any atom is 0.414 e. The molecule has 2 rings (SSSR count). The van der Waals surface area contributed by atoms with Crippen LogP contribution in [0.15, 0.2) is 34.7 Å². The lowest BCUT2D eigenvalue weighted by atomic mass is 10.2. The Morgan fingerprint density at radius 3 is 1.65 bits per heavy atom. The van der Waals surface area contributed by atoms with Gasteiger partial charge in [0.2, 0.25) is 0 Å². The molecule has 1 aromatic carbocycles. The zero-order valence-electron chi connectivity index (χ0n) is 11.9. The number of carboxylic acids is 4. The van der Waals surface area contributed by atoms with Crippen molar-refractivity contribution < 1.29 is 44.0 Å². The third-order valence-electron chi connectivity index (χ3n) is 2.19. The van der Waals surface area contributed by atoms with Crippen molar-refractivity contribution in [1.82, 2.24) is 0 Å². The molecule has 4 N–H and O–H groups in total. The quantitative estimate of drug-likeness (QED) is 0.566. The highest BCUT2D eigenvalue weighted by atomic mass is 16.4. The highest BCUT2D eigenvalue weighted by Gasteiger charge is 2.04. The molecule has 0 bridgehead atoms. The third-order valence-corrected chi connectivity index (χ3v) is 2.19. The molecule has 0 unspecified atom stereocenters. The lowest BCUT2D eigenvalue weighted by Gasteiger charge is -1.83.